The van der Waals surface area contributed by atoms with E-state index in [1.165, 1.54) is 13.2 Å². The Morgan fingerprint density at radius 3 is 2.38 bits per heavy atom. The molecule has 4 atom stereocenters. The van der Waals surface area contributed by atoms with Crippen LogP contribution >= 0.6 is 0 Å². The van der Waals surface area contributed by atoms with Gasteiger partial charge < -0.3 is 23.7 Å². The first kappa shape index (κ1) is 19.2. The second-order valence-electron chi connectivity index (χ2n) is 5.70. The molecule has 136 valence electrons. The highest BCUT2D eigenvalue weighted by Crippen LogP contribution is 2.38. The van der Waals surface area contributed by atoms with Gasteiger partial charge in [0.2, 0.25) is 0 Å². The number of rotatable bonds is 8. The fourth-order valence-corrected chi connectivity index (χ4v) is 2.91. The van der Waals surface area contributed by atoms with Gasteiger partial charge in [-0.15, -0.1) is 0 Å². The highest BCUT2D eigenvalue weighted by molar-refractivity contribution is 5.29. The molecule has 5 nitrogen and oxygen atoms in total. The topological polar surface area (TPSA) is 46.2 Å². The lowest BCUT2D eigenvalue weighted by molar-refractivity contribution is -0.0660. The Bertz CT molecular complexity index is 540. The van der Waals surface area contributed by atoms with Crippen LogP contribution in [0.5, 0.6) is 0 Å². The number of ether oxygens (including phenoxy) is 5. The average Bonchev–Trinajstić information content (AvgIpc) is 2.89. The SMILES string of the molecule is COCCO[C@H]1C(OC)[C@@H](COC)O[C@H]1c1cc(C)c(F)cc1F. The van der Waals surface area contributed by atoms with Crippen molar-refractivity contribution in [1.82, 2.24) is 0 Å². The first-order valence-electron chi connectivity index (χ1n) is 7.76. The average molecular weight is 346 g/mol. The van der Waals surface area contributed by atoms with Crippen molar-refractivity contribution in [1.29, 1.82) is 0 Å². The highest BCUT2D eigenvalue weighted by atomic mass is 19.1. The summed E-state index contributed by atoms with van der Waals surface area (Å²) in [6.07, 6.45) is -2.12. The number of aryl methyl sites for hydroxylation is 1. The predicted molar refractivity (Wildman–Crippen MR) is 83.0 cm³/mol. The predicted octanol–water partition coefficient (Wildman–Crippen LogP) is 2.41. The summed E-state index contributed by atoms with van der Waals surface area (Å²) in [5.74, 6) is -1.26. The van der Waals surface area contributed by atoms with Gasteiger partial charge in [-0.3, -0.25) is 0 Å². The lowest BCUT2D eigenvalue weighted by atomic mass is 9.99. The number of benzene rings is 1. The third-order valence-electron chi connectivity index (χ3n) is 4.10. The molecule has 1 saturated heterocycles. The molecule has 0 amide bonds. The summed E-state index contributed by atoms with van der Waals surface area (Å²) < 4.78 is 55.3. The minimum absolute atomic E-state index is 0.247. The molecule has 2 rings (SSSR count). The third kappa shape index (κ3) is 4.10. The van der Waals surface area contributed by atoms with Crippen molar-refractivity contribution in [3.05, 3.63) is 34.9 Å². The van der Waals surface area contributed by atoms with Gasteiger partial charge in [0.25, 0.3) is 0 Å². The summed E-state index contributed by atoms with van der Waals surface area (Å²) in [7, 11) is 4.65. The number of hydrogen-bond acceptors (Lipinski definition) is 5. The highest BCUT2D eigenvalue weighted by Gasteiger charge is 2.47. The minimum atomic E-state index is -0.716. The summed E-state index contributed by atoms with van der Waals surface area (Å²) in [5.41, 5.74) is 0.590. The molecular weight excluding hydrogens is 322 g/mol. The molecule has 0 saturated carbocycles. The van der Waals surface area contributed by atoms with Crippen molar-refractivity contribution in [2.75, 3.05) is 41.2 Å². The smallest absolute Gasteiger partial charge is 0.132 e. The molecule has 0 radical (unpaired) electrons. The van der Waals surface area contributed by atoms with Crippen LogP contribution in [-0.2, 0) is 23.7 Å². The van der Waals surface area contributed by atoms with E-state index in [1.54, 1.807) is 21.1 Å². The van der Waals surface area contributed by atoms with E-state index >= 15 is 0 Å². The molecule has 1 aromatic carbocycles. The minimum Gasteiger partial charge on any atom is -0.382 e. The molecule has 1 aliphatic heterocycles. The Morgan fingerprint density at radius 2 is 1.75 bits per heavy atom. The van der Waals surface area contributed by atoms with Crippen LogP contribution in [0.15, 0.2) is 12.1 Å². The van der Waals surface area contributed by atoms with Crippen LogP contribution in [0.1, 0.15) is 17.2 Å². The van der Waals surface area contributed by atoms with Gasteiger partial charge in [0, 0.05) is 33.0 Å². The Labute approximate surface area is 140 Å². The normalized spacial score (nSPS) is 26.9. The van der Waals surface area contributed by atoms with Gasteiger partial charge in [-0.05, 0) is 18.6 Å². The Morgan fingerprint density at radius 1 is 1.00 bits per heavy atom. The number of hydrogen-bond donors (Lipinski definition) is 0. The summed E-state index contributed by atoms with van der Waals surface area (Å²) >= 11 is 0. The van der Waals surface area contributed by atoms with Gasteiger partial charge in [-0.2, -0.15) is 0 Å². The molecular formula is C17H24F2O5. The molecule has 1 fully saturated rings. The van der Waals surface area contributed by atoms with E-state index in [2.05, 4.69) is 0 Å². The molecule has 0 aromatic heterocycles. The molecule has 1 heterocycles. The van der Waals surface area contributed by atoms with Crippen molar-refractivity contribution in [3.8, 4) is 0 Å². The van der Waals surface area contributed by atoms with E-state index in [0.29, 0.717) is 18.8 Å². The molecule has 0 aliphatic carbocycles. The van der Waals surface area contributed by atoms with Crippen molar-refractivity contribution < 1.29 is 32.5 Å². The molecule has 0 N–H and O–H groups in total. The summed E-state index contributed by atoms with van der Waals surface area (Å²) in [5, 5.41) is 0. The van der Waals surface area contributed by atoms with Gasteiger partial charge in [-0.25, -0.2) is 8.78 Å². The van der Waals surface area contributed by atoms with Crippen LogP contribution in [0.2, 0.25) is 0 Å². The van der Waals surface area contributed by atoms with E-state index < -0.39 is 36.1 Å². The van der Waals surface area contributed by atoms with Gasteiger partial charge in [-0.1, -0.05) is 0 Å². The number of halogens is 2. The molecule has 24 heavy (non-hydrogen) atoms. The van der Waals surface area contributed by atoms with E-state index in [0.717, 1.165) is 6.07 Å². The quantitative estimate of drug-likeness (QED) is 0.677. The lowest BCUT2D eigenvalue weighted by Crippen LogP contribution is -2.37. The Balaban J connectivity index is 2.31. The van der Waals surface area contributed by atoms with Crippen LogP contribution in [0.3, 0.4) is 0 Å². The van der Waals surface area contributed by atoms with E-state index in [4.69, 9.17) is 23.7 Å². The number of methoxy groups -OCH3 is 3. The van der Waals surface area contributed by atoms with E-state index in [1.807, 2.05) is 0 Å². The molecule has 1 aliphatic rings. The third-order valence-corrected chi connectivity index (χ3v) is 4.10. The van der Waals surface area contributed by atoms with Crippen LogP contribution in [-0.4, -0.2) is 59.5 Å². The monoisotopic (exact) mass is 346 g/mol. The summed E-state index contributed by atoms with van der Waals surface area (Å²) in [6.45, 7) is 2.55. The van der Waals surface area contributed by atoms with Gasteiger partial charge in [0.1, 0.15) is 36.1 Å². The van der Waals surface area contributed by atoms with Crippen LogP contribution in [0.25, 0.3) is 0 Å². The second-order valence-corrected chi connectivity index (χ2v) is 5.70. The maximum atomic E-state index is 14.3. The molecule has 1 unspecified atom stereocenters. The van der Waals surface area contributed by atoms with Crippen molar-refractivity contribution in [3.63, 3.8) is 0 Å². The van der Waals surface area contributed by atoms with Crippen molar-refractivity contribution in [2.24, 2.45) is 0 Å². The van der Waals surface area contributed by atoms with Crippen molar-refractivity contribution >= 4 is 0 Å². The first-order valence-corrected chi connectivity index (χ1v) is 7.76. The van der Waals surface area contributed by atoms with Gasteiger partial charge in [0.05, 0.1) is 19.8 Å². The zero-order chi connectivity index (χ0) is 17.7. The first-order chi connectivity index (χ1) is 11.5. The molecule has 7 heteroatoms. The van der Waals surface area contributed by atoms with Crippen molar-refractivity contribution in [2.45, 2.75) is 31.3 Å². The fourth-order valence-electron chi connectivity index (χ4n) is 2.91. The van der Waals surface area contributed by atoms with E-state index in [-0.39, 0.29) is 12.2 Å². The Kier molecular flexibility index (Phi) is 7.06. The van der Waals surface area contributed by atoms with E-state index in [9.17, 15) is 8.78 Å². The fraction of sp³-hybridized carbons (Fsp3) is 0.647. The van der Waals surface area contributed by atoms with Crippen LogP contribution in [0.4, 0.5) is 8.78 Å². The lowest BCUT2D eigenvalue weighted by Gasteiger charge is -2.24. The maximum Gasteiger partial charge on any atom is 0.132 e. The zero-order valence-electron chi connectivity index (χ0n) is 14.4. The van der Waals surface area contributed by atoms with Crippen LogP contribution in [0, 0.1) is 18.6 Å². The van der Waals surface area contributed by atoms with Gasteiger partial charge >= 0.3 is 0 Å². The summed E-state index contributed by atoms with van der Waals surface area (Å²) in [6, 6.07) is 2.32. The standard InChI is InChI=1S/C17H24F2O5/c1-10-7-11(13(19)8-12(10)18)15-17(23-6-5-20-2)16(22-4)14(24-15)9-21-3/h7-8,14-17H,5-6,9H2,1-4H3/t14-,15+,16?,17-/m1/s1. The van der Waals surface area contributed by atoms with Gasteiger partial charge in [0.15, 0.2) is 0 Å². The molecule has 1 aromatic rings. The molecule has 0 bridgehead atoms. The Hall–Kier alpha value is -1.12. The van der Waals surface area contributed by atoms with Crippen LogP contribution < -0.4 is 0 Å². The largest absolute Gasteiger partial charge is 0.382 e. The second kappa shape index (κ2) is 8.82. The zero-order valence-corrected chi connectivity index (χ0v) is 14.4. The molecule has 0 spiro atoms. The summed E-state index contributed by atoms with van der Waals surface area (Å²) in [4.78, 5) is 0. The maximum absolute atomic E-state index is 14.3.